The lowest BCUT2D eigenvalue weighted by molar-refractivity contribution is -0.131. The van der Waals surface area contributed by atoms with Crippen LogP contribution in [0.1, 0.15) is 0 Å². The van der Waals surface area contributed by atoms with Crippen LogP contribution in [0.2, 0.25) is 10.0 Å². The van der Waals surface area contributed by atoms with E-state index in [0.717, 1.165) is 0 Å². The molecule has 2 rings (SSSR count). The van der Waals surface area contributed by atoms with Gasteiger partial charge in [0.05, 0.1) is 11.6 Å². The van der Waals surface area contributed by atoms with Crippen LogP contribution in [0, 0.1) is 0 Å². The highest BCUT2D eigenvalue weighted by atomic mass is 35.5. The van der Waals surface area contributed by atoms with Gasteiger partial charge in [-0.3, -0.25) is 4.79 Å². The molecule has 23 heavy (non-hydrogen) atoms. The highest BCUT2D eigenvalue weighted by Crippen LogP contribution is 2.28. The van der Waals surface area contributed by atoms with Crippen molar-refractivity contribution in [3.63, 3.8) is 0 Å². The number of nitrogens with zero attached hydrogens (tertiary/aromatic N) is 2. The van der Waals surface area contributed by atoms with Crippen LogP contribution in [0.3, 0.4) is 0 Å². The molecule has 0 saturated carbocycles. The van der Waals surface area contributed by atoms with Gasteiger partial charge in [0.1, 0.15) is 4.90 Å². The number of carbonyl (C=O) groups is 1. The minimum atomic E-state index is -3.71. The molecule has 1 amide bonds. The van der Waals surface area contributed by atoms with Crippen molar-refractivity contribution in [2.45, 2.75) is 4.90 Å². The van der Waals surface area contributed by atoms with Crippen molar-refractivity contribution in [3.05, 3.63) is 28.2 Å². The van der Waals surface area contributed by atoms with Gasteiger partial charge < -0.3 is 10.2 Å². The first-order valence-corrected chi connectivity index (χ1v) is 8.93. The molecule has 130 valence electrons. The van der Waals surface area contributed by atoms with E-state index in [1.807, 2.05) is 0 Å². The summed E-state index contributed by atoms with van der Waals surface area (Å²) in [4.78, 5) is 13.4. The Morgan fingerprint density at radius 2 is 1.83 bits per heavy atom. The Morgan fingerprint density at radius 1 is 1.22 bits per heavy atom. The molecule has 1 saturated heterocycles. The van der Waals surface area contributed by atoms with E-state index in [0.29, 0.717) is 18.1 Å². The summed E-state index contributed by atoms with van der Waals surface area (Å²) in [5, 5.41) is 3.24. The first kappa shape index (κ1) is 20.5. The maximum absolute atomic E-state index is 12.6. The van der Waals surface area contributed by atoms with Gasteiger partial charge in [-0.1, -0.05) is 23.2 Å². The summed E-state index contributed by atoms with van der Waals surface area (Å²) in [5.41, 5.74) is 0. The lowest BCUT2D eigenvalue weighted by Crippen LogP contribution is -2.52. The van der Waals surface area contributed by atoms with E-state index in [-0.39, 0.29) is 47.9 Å². The van der Waals surface area contributed by atoms with Gasteiger partial charge in [-0.25, -0.2) is 8.42 Å². The van der Waals surface area contributed by atoms with Gasteiger partial charge in [0, 0.05) is 31.2 Å². The zero-order valence-corrected chi connectivity index (χ0v) is 15.6. The van der Waals surface area contributed by atoms with Crippen molar-refractivity contribution >= 4 is 51.5 Å². The van der Waals surface area contributed by atoms with Crippen molar-refractivity contribution in [1.29, 1.82) is 0 Å². The monoisotopic (exact) mass is 401 g/mol. The lowest BCUT2D eigenvalue weighted by Gasteiger charge is -2.34. The first-order chi connectivity index (χ1) is 10.4. The summed E-state index contributed by atoms with van der Waals surface area (Å²) >= 11 is 11.8. The van der Waals surface area contributed by atoms with E-state index in [1.165, 1.54) is 22.5 Å². The summed E-state index contributed by atoms with van der Waals surface area (Å²) in [6, 6.07) is 4.35. The molecule has 1 aliphatic heterocycles. The highest BCUT2D eigenvalue weighted by Gasteiger charge is 2.31. The van der Waals surface area contributed by atoms with Crippen LogP contribution in [-0.4, -0.2) is 63.3 Å². The molecule has 0 atom stereocenters. The summed E-state index contributed by atoms with van der Waals surface area (Å²) < 4.78 is 26.6. The van der Waals surface area contributed by atoms with Crippen molar-refractivity contribution < 1.29 is 13.2 Å². The molecule has 0 aromatic heterocycles. The molecule has 0 aliphatic carbocycles. The largest absolute Gasteiger partial charge is 0.339 e. The van der Waals surface area contributed by atoms with E-state index in [2.05, 4.69) is 5.32 Å². The average molecular weight is 403 g/mol. The van der Waals surface area contributed by atoms with Crippen molar-refractivity contribution in [2.75, 3.05) is 39.8 Å². The average Bonchev–Trinajstić information content (AvgIpc) is 2.50. The number of halogens is 3. The molecule has 1 aliphatic rings. The first-order valence-electron chi connectivity index (χ1n) is 6.74. The Balaban J connectivity index is 0.00000264. The second-order valence-corrected chi connectivity index (χ2v) is 7.64. The number of nitrogens with one attached hydrogen (secondary N) is 1. The highest BCUT2D eigenvalue weighted by molar-refractivity contribution is 7.89. The molecule has 1 aromatic carbocycles. The Kier molecular flexibility index (Phi) is 7.57. The third-order valence-corrected chi connectivity index (χ3v) is 6.05. The smallest absolute Gasteiger partial charge is 0.244 e. The summed E-state index contributed by atoms with van der Waals surface area (Å²) in [6.07, 6.45) is 0. The minimum absolute atomic E-state index is 0. The molecule has 1 N–H and O–H groups in total. The standard InChI is InChI=1S/C13H17Cl2N3O3S.ClH/c1-16-9-13(19)17-4-6-18(7-5-17)22(20,21)12-8-10(14)2-3-11(12)15;/h2-3,8,16H,4-7,9H2,1H3;1H. The summed E-state index contributed by atoms with van der Waals surface area (Å²) in [6.45, 7) is 1.43. The summed E-state index contributed by atoms with van der Waals surface area (Å²) in [7, 11) is -2.02. The Bertz CT molecular complexity index is 662. The third-order valence-electron chi connectivity index (χ3n) is 3.43. The zero-order chi connectivity index (χ0) is 16.3. The number of amides is 1. The molecule has 6 nitrogen and oxygen atoms in total. The van der Waals surface area contributed by atoms with Crippen LogP contribution in [0.4, 0.5) is 0 Å². The normalized spacial score (nSPS) is 16.0. The predicted octanol–water partition coefficient (Wildman–Crippen LogP) is 1.47. The van der Waals surface area contributed by atoms with Crippen LogP contribution in [0.25, 0.3) is 0 Å². The predicted molar refractivity (Wildman–Crippen MR) is 93.0 cm³/mol. The Morgan fingerprint density at radius 3 is 2.39 bits per heavy atom. The number of sulfonamides is 1. The molecular formula is C13H18Cl3N3O3S. The van der Waals surface area contributed by atoms with Gasteiger partial charge >= 0.3 is 0 Å². The van der Waals surface area contributed by atoms with Crippen molar-refractivity contribution in [3.8, 4) is 0 Å². The number of piperazine rings is 1. The Hall–Kier alpha value is -0.570. The number of rotatable bonds is 4. The van der Waals surface area contributed by atoms with E-state index < -0.39 is 10.0 Å². The van der Waals surface area contributed by atoms with E-state index in [9.17, 15) is 13.2 Å². The molecule has 0 spiro atoms. The van der Waals surface area contributed by atoms with Crippen LogP contribution in [0.5, 0.6) is 0 Å². The fraction of sp³-hybridized carbons (Fsp3) is 0.462. The van der Waals surface area contributed by atoms with Crippen LogP contribution < -0.4 is 5.32 Å². The maximum Gasteiger partial charge on any atom is 0.244 e. The second-order valence-electron chi connectivity index (χ2n) is 4.89. The third kappa shape index (κ3) is 4.71. The molecule has 0 unspecified atom stereocenters. The van der Waals surface area contributed by atoms with Crippen LogP contribution in [-0.2, 0) is 14.8 Å². The maximum atomic E-state index is 12.6. The van der Waals surface area contributed by atoms with Gasteiger partial charge in [-0.15, -0.1) is 12.4 Å². The zero-order valence-electron chi connectivity index (χ0n) is 12.5. The minimum Gasteiger partial charge on any atom is -0.339 e. The lowest BCUT2D eigenvalue weighted by atomic mass is 10.3. The van der Waals surface area contributed by atoms with Crippen molar-refractivity contribution in [2.24, 2.45) is 0 Å². The number of hydrogen-bond donors (Lipinski definition) is 1. The summed E-state index contributed by atoms with van der Waals surface area (Å²) in [5.74, 6) is -0.0414. The van der Waals surface area contributed by atoms with Gasteiger partial charge in [-0.2, -0.15) is 4.31 Å². The molecule has 10 heteroatoms. The molecule has 1 fully saturated rings. The van der Waals surface area contributed by atoms with Gasteiger partial charge in [-0.05, 0) is 25.2 Å². The van der Waals surface area contributed by atoms with Crippen molar-refractivity contribution in [1.82, 2.24) is 14.5 Å². The number of likely N-dealkylation sites (N-methyl/N-ethyl adjacent to an activating group) is 1. The fourth-order valence-electron chi connectivity index (χ4n) is 2.25. The van der Waals surface area contributed by atoms with Gasteiger partial charge in [0.2, 0.25) is 15.9 Å². The fourth-order valence-corrected chi connectivity index (χ4v) is 4.41. The quantitative estimate of drug-likeness (QED) is 0.828. The molecule has 1 aromatic rings. The van der Waals surface area contributed by atoms with E-state index in [4.69, 9.17) is 23.2 Å². The van der Waals surface area contributed by atoms with Crippen LogP contribution in [0.15, 0.2) is 23.1 Å². The molecular weight excluding hydrogens is 385 g/mol. The number of hydrogen-bond acceptors (Lipinski definition) is 4. The van der Waals surface area contributed by atoms with Gasteiger partial charge in [0.15, 0.2) is 0 Å². The van der Waals surface area contributed by atoms with E-state index >= 15 is 0 Å². The van der Waals surface area contributed by atoms with Gasteiger partial charge in [0.25, 0.3) is 0 Å². The second kappa shape index (κ2) is 8.50. The van der Waals surface area contributed by atoms with Crippen LogP contribution >= 0.6 is 35.6 Å². The number of carbonyl (C=O) groups excluding carboxylic acids is 1. The SMILES string of the molecule is CNCC(=O)N1CCN(S(=O)(=O)c2cc(Cl)ccc2Cl)CC1.Cl. The number of benzene rings is 1. The van der Waals surface area contributed by atoms with E-state index in [1.54, 1.807) is 11.9 Å². The Labute approximate surface area is 152 Å². The molecule has 0 bridgehead atoms. The molecule has 0 radical (unpaired) electrons. The topological polar surface area (TPSA) is 69.7 Å². The molecule has 1 heterocycles.